The molecular weight excluding hydrogens is 236 g/mol. The highest BCUT2D eigenvalue weighted by Gasteiger charge is 2.23. The van der Waals surface area contributed by atoms with Crippen molar-refractivity contribution in [1.29, 1.82) is 0 Å². The lowest BCUT2D eigenvalue weighted by atomic mass is 9.88. The summed E-state index contributed by atoms with van der Waals surface area (Å²) in [6.45, 7) is 0. The fourth-order valence-corrected chi connectivity index (χ4v) is 3.68. The van der Waals surface area contributed by atoms with Gasteiger partial charge in [0.15, 0.2) is 0 Å². The average molecular weight is 248 g/mol. The molecule has 0 nitrogen and oxygen atoms in total. The van der Waals surface area contributed by atoms with Crippen LogP contribution in [-0.4, -0.2) is 0 Å². The van der Waals surface area contributed by atoms with Crippen LogP contribution in [0.1, 0.15) is 17.0 Å². The van der Waals surface area contributed by atoms with Crippen LogP contribution in [0, 0.1) is 0 Å². The van der Waals surface area contributed by atoms with Gasteiger partial charge >= 0.3 is 0 Å². The van der Waals surface area contributed by atoms with Gasteiger partial charge in [0.05, 0.1) is 0 Å². The molecule has 0 saturated heterocycles. The highest BCUT2D eigenvalue weighted by atomic mass is 32.1. The van der Waals surface area contributed by atoms with Crippen molar-refractivity contribution in [1.82, 2.24) is 0 Å². The zero-order valence-corrected chi connectivity index (χ0v) is 10.7. The van der Waals surface area contributed by atoms with Crippen LogP contribution in [0.4, 0.5) is 0 Å². The topological polar surface area (TPSA) is 0 Å². The first-order chi connectivity index (χ1) is 8.93. The van der Waals surface area contributed by atoms with Crippen LogP contribution in [0.5, 0.6) is 0 Å². The van der Waals surface area contributed by atoms with Gasteiger partial charge in [-0.25, -0.2) is 0 Å². The summed E-state index contributed by atoms with van der Waals surface area (Å²) in [6, 6.07) is 8.67. The van der Waals surface area contributed by atoms with E-state index in [1.165, 1.54) is 27.8 Å². The number of allylic oxidation sites excluding steroid dienone is 5. The summed E-state index contributed by atoms with van der Waals surface area (Å²) in [4.78, 5) is 0. The molecule has 1 heteroatoms. The Balaban J connectivity index is 2.08. The normalized spacial score (nSPS) is 19.6. The number of hydrogen-bond acceptors (Lipinski definition) is 1. The first-order valence-electron chi connectivity index (χ1n) is 6.15. The predicted octanol–water partition coefficient (Wildman–Crippen LogP) is 5.02. The molecule has 4 rings (SSSR count). The number of thiophene rings is 1. The third-order valence-corrected chi connectivity index (χ3v) is 4.42. The molecule has 2 aliphatic carbocycles. The molecule has 0 bridgehead atoms. The Labute approximate surface area is 111 Å². The number of rotatable bonds is 0. The highest BCUT2D eigenvalue weighted by molar-refractivity contribution is 7.08. The second-order valence-electron chi connectivity index (χ2n) is 4.69. The number of benzene rings is 1. The minimum Gasteiger partial charge on any atom is -0.151 e. The predicted molar refractivity (Wildman–Crippen MR) is 78.8 cm³/mol. The van der Waals surface area contributed by atoms with Crippen molar-refractivity contribution < 1.29 is 0 Å². The summed E-state index contributed by atoms with van der Waals surface area (Å²) in [6.07, 6.45) is 11.1. The van der Waals surface area contributed by atoms with Gasteiger partial charge in [0.1, 0.15) is 0 Å². The standard InChI is InChI=1S/C17H12S/c1-3-7-14-12(5-1)9-13-6-2-4-8-15(13)17-11-18-10-16(14)17/h1-11,14H. The van der Waals surface area contributed by atoms with Crippen molar-refractivity contribution in [2.24, 2.45) is 0 Å². The summed E-state index contributed by atoms with van der Waals surface area (Å²) in [5.41, 5.74) is 6.91. The van der Waals surface area contributed by atoms with Crippen LogP contribution in [0.2, 0.25) is 0 Å². The fraction of sp³-hybridized carbons (Fsp3) is 0.0588. The van der Waals surface area contributed by atoms with Gasteiger partial charge < -0.3 is 0 Å². The van der Waals surface area contributed by atoms with Crippen LogP contribution in [0.15, 0.2) is 64.9 Å². The average Bonchev–Trinajstić information content (AvgIpc) is 2.84. The van der Waals surface area contributed by atoms with E-state index in [0.29, 0.717) is 5.92 Å². The van der Waals surface area contributed by atoms with E-state index in [-0.39, 0.29) is 0 Å². The van der Waals surface area contributed by atoms with Crippen LogP contribution >= 0.6 is 11.3 Å². The summed E-state index contributed by atoms with van der Waals surface area (Å²) in [7, 11) is 0. The molecule has 1 heterocycles. The molecule has 2 aliphatic rings. The van der Waals surface area contributed by atoms with E-state index < -0.39 is 0 Å². The summed E-state index contributed by atoms with van der Waals surface area (Å²) in [5.74, 6) is 0.420. The second kappa shape index (κ2) is 3.82. The number of hydrogen-bond donors (Lipinski definition) is 0. The van der Waals surface area contributed by atoms with E-state index in [1.807, 2.05) is 0 Å². The van der Waals surface area contributed by atoms with E-state index in [2.05, 4.69) is 65.4 Å². The molecule has 1 aromatic heterocycles. The summed E-state index contributed by atoms with van der Waals surface area (Å²) >= 11 is 1.80. The second-order valence-corrected chi connectivity index (χ2v) is 5.44. The first kappa shape index (κ1) is 10.1. The van der Waals surface area contributed by atoms with Crippen molar-refractivity contribution in [2.75, 3.05) is 0 Å². The van der Waals surface area contributed by atoms with Crippen molar-refractivity contribution in [3.63, 3.8) is 0 Å². The summed E-state index contributed by atoms with van der Waals surface area (Å²) in [5, 5.41) is 4.57. The third-order valence-electron chi connectivity index (χ3n) is 3.66. The molecule has 2 aromatic rings. The minimum atomic E-state index is 0.420. The fourth-order valence-electron chi connectivity index (χ4n) is 2.79. The lowest BCUT2D eigenvalue weighted by molar-refractivity contribution is 1.04. The van der Waals surface area contributed by atoms with Gasteiger partial charge in [-0.3, -0.25) is 0 Å². The molecule has 1 aromatic carbocycles. The Hall–Kier alpha value is -1.86. The van der Waals surface area contributed by atoms with Gasteiger partial charge in [0.25, 0.3) is 0 Å². The smallest absolute Gasteiger partial charge is 0.0287 e. The molecule has 0 N–H and O–H groups in total. The highest BCUT2D eigenvalue weighted by Crippen LogP contribution is 2.43. The molecule has 0 amide bonds. The van der Waals surface area contributed by atoms with Crippen molar-refractivity contribution in [2.45, 2.75) is 5.92 Å². The van der Waals surface area contributed by atoms with E-state index in [0.717, 1.165) is 0 Å². The SMILES string of the molecule is C1=CC2=Cc3ccccc3-c3cscc3C2C=C1. The Kier molecular flexibility index (Phi) is 2.14. The van der Waals surface area contributed by atoms with Gasteiger partial charge in [-0.15, -0.1) is 0 Å². The quantitative estimate of drug-likeness (QED) is 0.614. The molecule has 0 aliphatic heterocycles. The monoisotopic (exact) mass is 248 g/mol. The minimum absolute atomic E-state index is 0.420. The van der Waals surface area contributed by atoms with Gasteiger partial charge in [-0.2, -0.15) is 11.3 Å². The zero-order valence-electron chi connectivity index (χ0n) is 9.84. The van der Waals surface area contributed by atoms with Gasteiger partial charge in [-0.05, 0) is 38.6 Å². The maximum atomic E-state index is 2.32. The Bertz CT molecular complexity index is 698. The molecule has 0 spiro atoms. The summed E-state index contributed by atoms with van der Waals surface area (Å²) < 4.78 is 0. The molecule has 86 valence electrons. The van der Waals surface area contributed by atoms with E-state index in [9.17, 15) is 0 Å². The van der Waals surface area contributed by atoms with Gasteiger partial charge in [-0.1, -0.05) is 54.6 Å². The maximum absolute atomic E-state index is 2.32. The lowest BCUT2D eigenvalue weighted by Gasteiger charge is -2.15. The van der Waals surface area contributed by atoms with Crippen LogP contribution in [0.25, 0.3) is 17.2 Å². The van der Waals surface area contributed by atoms with Gasteiger partial charge in [0.2, 0.25) is 0 Å². The molecule has 1 atom stereocenters. The molecule has 0 radical (unpaired) electrons. The largest absolute Gasteiger partial charge is 0.151 e. The number of fused-ring (bicyclic) bond motifs is 5. The Morgan fingerprint density at radius 3 is 2.89 bits per heavy atom. The Morgan fingerprint density at radius 1 is 0.944 bits per heavy atom. The van der Waals surface area contributed by atoms with Crippen LogP contribution in [0.3, 0.4) is 0 Å². The third kappa shape index (κ3) is 1.37. The van der Waals surface area contributed by atoms with E-state index in [4.69, 9.17) is 0 Å². The Morgan fingerprint density at radius 2 is 1.89 bits per heavy atom. The van der Waals surface area contributed by atoms with Crippen LogP contribution in [-0.2, 0) is 0 Å². The zero-order chi connectivity index (χ0) is 11.9. The van der Waals surface area contributed by atoms with Gasteiger partial charge in [0, 0.05) is 5.92 Å². The molecule has 0 fully saturated rings. The lowest BCUT2D eigenvalue weighted by Crippen LogP contribution is -1.98. The van der Waals surface area contributed by atoms with Crippen molar-refractivity contribution in [3.8, 4) is 11.1 Å². The van der Waals surface area contributed by atoms with E-state index in [1.54, 1.807) is 11.3 Å². The molecule has 18 heavy (non-hydrogen) atoms. The molecular formula is C17H12S. The van der Waals surface area contributed by atoms with Crippen LogP contribution < -0.4 is 0 Å². The maximum Gasteiger partial charge on any atom is 0.0287 e. The molecule has 1 unspecified atom stereocenters. The van der Waals surface area contributed by atoms with Crippen molar-refractivity contribution in [3.05, 3.63) is 76.0 Å². The van der Waals surface area contributed by atoms with E-state index >= 15 is 0 Å². The van der Waals surface area contributed by atoms with Crippen molar-refractivity contribution >= 4 is 17.4 Å². The first-order valence-corrected chi connectivity index (χ1v) is 7.10. The molecule has 0 saturated carbocycles.